The second-order valence-corrected chi connectivity index (χ2v) is 11.7. The molecular formula is C32H67NO3. The lowest BCUT2D eigenvalue weighted by Crippen LogP contribution is -2.47. The highest BCUT2D eigenvalue weighted by Gasteiger charge is 2.20. The molecule has 1 unspecified atom stereocenters. The van der Waals surface area contributed by atoms with E-state index in [0.29, 0.717) is 0 Å². The molecule has 0 fully saturated rings. The quantitative estimate of drug-likeness (QED) is 0.0716. The van der Waals surface area contributed by atoms with Crippen molar-refractivity contribution in [3.05, 3.63) is 0 Å². The van der Waals surface area contributed by atoms with Crippen LogP contribution in [0, 0.1) is 0 Å². The van der Waals surface area contributed by atoms with Gasteiger partial charge in [0.2, 0.25) is 0 Å². The van der Waals surface area contributed by atoms with Crippen molar-refractivity contribution in [1.82, 2.24) is 0 Å². The molecule has 0 radical (unpaired) electrons. The van der Waals surface area contributed by atoms with E-state index in [1.54, 1.807) is 0 Å². The Kier molecular flexibility index (Phi) is 30.2. The van der Waals surface area contributed by atoms with Crippen molar-refractivity contribution >= 4 is 5.97 Å². The van der Waals surface area contributed by atoms with Crippen LogP contribution in [0.1, 0.15) is 175 Å². The van der Waals surface area contributed by atoms with Gasteiger partial charge in [-0.25, -0.2) is 0 Å². The van der Waals surface area contributed by atoms with Crippen LogP contribution in [0.4, 0.5) is 0 Å². The molecule has 0 aromatic carbocycles. The summed E-state index contributed by atoms with van der Waals surface area (Å²) in [4.78, 5) is 10.2. The maximum absolute atomic E-state index is 10.2. The Bertz CT molecular complexity index is 437. The molecule has 0 aromatic heterocycles. The summed E-state index contributed by atoms with van der Waals surface area (Å²) >= 11 is 0. The zero-order valence-corrected chi connectivity index (χ0v) is 25.5. The number of carboxylic acids is 1. The largest absolute Gasteiger partial charge is 0.550 e. The number of hydrogen-bond donors (Lipinski definition) is 1. The number of carbonyl (C=O) groups excluding carboxylic acids is 1. The van der Waals surface area contributed by atoms with E-state index in [0.717, 1.165) is 23.9 Å². The predicted octanol–water partition coefficient (Wildman–Crippen LogP) is 8.54. The Hall–Kier alpha value is -0.610. The summed E-state index contributed by atoms with van der Waals surface area (Å²) in [7, 11) is 4.22. The molecule has 1 N–H and O–H groups in total. The summed E-state index contributed by atoms with van der Waals surface area (Å²) in [6.45, 7) is 7.50. The SMILES string of the molecule is CCCCCCCCCCCCCCCC(=O)[O-].CCCCCCCCCCCC[N+](C)(C)C(C)O. The van der Waals surface area contributed by atoms with Crippen molar-refractivity contribution in [2.75, 3.05) is 20.6 Å². The molecule has 0 amide bonds. The summed E-state index contributed by atoms with van der Waals surface area (Å²) in [5, 5.41) is 19.8. The summed E-state index contributed by atoms with van der Waals surface area (Å²) in [6, 6.07) is 0. The molecule has 0 aliphatic heterocycles. The van der Waals surface area contributed by atoms with E-state index >= 15 is 0 Å². The second-order valence-electron chi connectivity index (χ2n) is 11.7. The summed E-state index contributed by atoms with van der Waals surface area (Å²) < 4.78 is 0.733. The second kappa shape index (κ2) is 29.0. The highest BCUT2D eigenvalue weighted by molar-refractivity contribution is 5.64. The van der Waals surface area contributed by atoms with Crippen LogP contribution in [0.25, 0.3) is 0 Å². The number of nitrogens with zero attached hydrogens (tertiary/aromatic N) is 1. The summed E-state index contributed by atoms with van der Waals surface area (Å²) in [5.74, 6) is -0.905. The number of aliphatic hydroxyl groups excluding tert-OH is 1. The first-order valence-corrected chi connectivity index (χ1v) is 16.0. The zero-order valence-electron chi connectivity index (χ0n) is 25.5. The Labute approximate surface area is 227 Å². The number of aliphatic carboxylic acids is 1. The van der Waals surface area contributed by atoms with Crippen LogP contribution in [-0.2, 0) is 4.79 Å². The minimum Gasteiger partial charge on any atom is -0.550 e. The molecule has 0 saturated heterocycles. The van der Waals surface area contributed by atoms with Gasteiger partial charge in [-0.3, -0.25) is 0 Å². The molecule has 36 heavy (non-hydrogen) atoms. The number of quaternary nitrogens is 1. The van der Waals surface area contributed by atoms with E-state index in [4.69, 9.17) is 0 Å². The zero-order chi connectivity index (χ0) is 27.3. The predicted molar refractivity (Wildman–Crippen MR) is 156 cm³/mol. The Balaban J connectivity index is 0. The van der Waals surface area contributed by atoms with Gasteiger partial charge in [0.1, 0.15) is 0 Å². The number of unbranched alkanes of at least 4 members (excludes halogenated alkanes) is 21. The first-order valence-electron chi connectivity index (χ1n) is 16.0. The average molecular weight is 514 g/mol. The Morgan fingerprint density at radius 1 is 0.583 bits per heavy atom. The van der Waals surface area contributed by atoms with Gasteiger partial charge >= 0.3 is 0 Å². The maximum Gasteiger partial charge on any atom is 0.187 e. The molecule has 0 saturated carbocycles. The van der Waals surface area contributed by atoms with Crippen LogP contribution < -0.4 is 5.11 Å². The fraction of sp³-hybridized carbons (Fsp3) is 0.969. The fourth-order valence-corrected chi connectivity index (χ4v) is 4.48. The first-order chi connectivity index (χ1) is 17.3. The van der Waals surface area contributed by atoms with Crippen LogP contribution >= 0.6 is 0 Å². The summed E-state index contributed by atoms with van der Waals surface area (Å²) in [5.41, 5.74) is 0. The van der Waals surface area contributed by atoms with Crippen LogP contribution in [0.15, 0.2) is 0 Å². The van der Waals surface area contributed by atoms with Crippen molar-refractivity contribution < 1.29 is 19.5 Å². The molecule has 0 rings (SSSR count). The van der Waals surface area contributed by atoms with E-state index in [-0.39, 0.29) is 12.6 Å². The first kappa shape index (κ1) is 37.5. The van der Waals surface area contributed by atoms with Crippen LogP contribution in [0.5, 0.6) is 0 Å². The summed E-state index contributed by atoms with van der Waals surface area (Å²) in [6.07, 6.45) is 30.5. The van der Waals surface area contributed by atoms with Gasteiger partial charge in [-0.1, -0.05) is 142 Å². The van der Waals surface area contributed by atoms with Gasteiger partial charge in [0.25, 0.3) is 0 Å². The van der Waals surface area contributed by atoms with Crippen molar-refractivity contribution in [1.29, 1.82) is 0 Å². The smallest absolute Gasteiger partial charge is 0.187 e. The van der Waals surface area contributed by atoms with Gasteiger partial charge in [-0.2, -0.15) is 0 Å². The molecule has 0 bridgehead atoms. The lowest BCUT2D eigenvalue weighted by atomic mass is 10.0. The standard InChI is InChI=1S/C16H36NO.C16H32O2/c1-5-6-7-8-9-10-11-12-13-14-15-17(3,4)16(2)18;1-2-3-4-5-6-7-8-9-10-11-12-13-14-15-16(17)18/h16,18H,5-15H2,1-4H3;2-15H2,1H3,(H,17,18)/q+1;/p-1. The molecule has 4 nitrogen and oxygen atoms in total. The molecule has 0 spiro atoms. The lowest BCUT2D eigenvalue weighted by molar-refractivity contribution is -0.934. The van der Waals surface area contributed by atoms with Crippen molar-refractivity contribution in [3.8, 4) is 0 Å². The molecule has 218 valence electrons. The fourth-order valence-electron chi connectivity index (χ4n) is 4.48. The molecule has 1 atom stereocenters. The van der Waals surface area contributed by atoms with Gasteiger partial charge in [0.05, 0.1) is 20.6 Å². The molecule has 0 aromatic rings. The topological polar surface area (TPSA) is 60.4 Å². The maximum atomic E-state index is 10.2. The highest BCUT2D eigenvalue weighted by Crippen LogP contribution is 2.14. The minimum atomic E-state index is -0.905. The average Bonchev–Trinajstić information content (AvgIpc) is 2.83. The van der Waals surface area contributed by atoms with Gasteiger partial charge < -0.3 is 19.5 Å². The van der Waals surface area contributed by atoms with Gasteiger partial charge in [0.15, 0.2) is 6.23 Å². The van der Waals surface area contributed by atoms with Crippen molar-refractivity contribution in [2.45, 2.75) is 181 Å². The van der Waals surface area contributed by atoms with Crippen LogP contribution in [-0.4, -0.2) is 42.4 Å². The Morgan fingerprint density at radius 3 is 1.14 bits per heavy atom. The monoisotopic (exact) mass is 514 g/mol. The van der Waals surface area contributed by atoms with Crippen molar-refractivity contribution in [3.63, 3.8) is 0 Å². The van der Waals surface area contributed by atoms with E-state index < -0.39 is 5.97 Å². The number of carbonyl (C=O) groups is 1. The number of hydrogen-bond acceptors (Lipinski definition) is 3. The van der Waals surface area contributed by atoms with Gasteiger partial charge in [-0.15, -0.1) is 0 Å². The van der Waals surface area contributed by atoms with E-state index in [2.05, 4.69) is 27.9 Å². The third-order valence-corrected chi connectivity index (χ3v) is 7.58. The minimum absolute atomic E-state index is 0.234. The third kappa shape index (κ3) is 31.4. The number of carboxylic acid groups (broad SMARTS) is 1. The molecular weight excluding hydrogens is 446 g/mol. The third-order valence-electron chi connectivity index (χ3n) is 7.58. The lowest BCUT2D eigenvalue weighted by Gasteiger charge is -2.32. The number of aliphatic hydroxyl groups is 1. The van der Waals surface area contributed by atoms with Crippen LogP contribution in [0.2, 0.25) is 0 Å². The molecule has 0 heterocycles. The number of rotatable bonds is 26. The van der Waals surface area contributed by atoms with Crippen LogP contribution in [0.3, 0.4) is 0 Å². The van der Waals surface area contributed by atoms with Crippen molar-refractivity contribution in [2.24, 2.45) is 0 Å². The Morgan fingerprint density at radius 2 is 0.861 bits per heavy atom. The molecule has 4 heteroatoms. The van der Waals surface area contributed by atoms with E-state index in [1.165, 1.54) is 135 Å². The molecule has 0 aliphatic rings. The normalized spacial score (nSPS) is 12.3. The molecule has 0 aliphatic carbocycles. The highest BCUT2D eigenvalue weighted by atomic mass is 16.4. The van der Waals surface area contributed by atoms with Gasteiger partial charge in [-0.05, 0) is 25.7 Å². The van der Waals surface area contributed by atoms with E-state index in [1.807, 2.05) is 6.92 Å². The van der Waals surface area contributed by atoms with Gasteiger partial charge in [0, 0.05) is 12.9 Å². The van der Waals surface area contributed by atoms with E-state index in [9.17, 15) is 15.0 Å².